The molecule has 0 spiro atoms. The van der Waals surface area contributed by atoms with Gasteiger partial charge in [0.05, 0.1) is 6.54 Å². The van der Waals surface area contributed by atoms with E-state index in [1.165, 1.54) is 11.0 Å². The van der Waals surface area contributed by atoms with Gasteiger partial charge in [0, 0.05) is 13.7 Å². The fraction of sp³-hybridized carbons (Fsp3) is 0.600. The average molecular weight is 297 g/mol. The quantitative estimate of drug-likeness (QED) is 0.708. The van der Waals surface area contributed by atoms with Crippen LogP contribution >= 0.6 is 0 Å². The standard InChI is InChI=1S/C15H23NO5/c1-4-5-6-7-20-10-14(17)16(3)9-12-8-13(15(18)19)11(2)21-12/h8H,4-7,9-10H2,1-3H3,(H,18,19). The van der Waals surface area contributed by atoms with Crippen molar-refractivity contribution in [2.75, 3.05) is 20.3 Å². The van der Waals surface area contributed by atoms with E-state index in [2.05, 4.69) is 6.92 Å². The monoisotopic (exact) mass is 297 g/mol. The Labute approximate surface area is 124 Å². The molecular weight excluding hydrogens is 274 g/mol. The van der Waals surface area contributed by atoms with Crippen LogP contribution < -0.4 is 0 Å². The van der Waals surface area contributed by atoms with E-state index in [-0.39, 0.29) is 24.6 Å². The van der Waals surface area contributed by atoms with Crippen LogP contribution in [0.3, 0.4) is 0 Å². The van der Waals surface area contributed by atoms with Crippen molar-refractivity contribution in [2.45, 2.75) is 39.7 Å². The van der Waals surface area contributed by atoms with Crippen LogP contribution in [0.15, 0.2) is 10.5 Å². The Balaban J connectivity index is 2.41. The maximum atomic E-state index is 11.8. The van der Waals surface area contributed by atoms with Gasteiger partial charge >= 0.3 is 5.97 Å². The van der Waals surface area contributed by atoms with Crippen LogP contribution in [0, 0.1) is 6.92 Å². The van der Waals surface area contributed by atoms with Crippen LogP contribution in [0.2, 0.25) is 0 Å². The number of furan rings is 1. The lowest BCUT2D eigenvalue weighted by Gasteiger charge is -2.15. The summed E-state index contributed by atoms with van der Waals surface area (Å²) in [6, 6.07) is 1.45. The minimum atomic E-state index is -1.03. The number of carbonyl (C=O) groups is 2. The highest BCUT2D eigenvalue weighted by atomic mass is 16.5. The number of aromatic carboxylic acids is 1. The van der Waals surface area contributed by atoms with Crippen molar-refractivity contribution in [1.29, 1.82) is 0 Å². The molecule has 0 bridgehead atoms. The van der Waals surface area contributed by atoms with Crippen molar-refractivity contribution in [3.05, 3.63) is 23.2 Å². The molecule has 1 amide bonds. The van der Waals surface area contributed by atoms with Crippen molar-refractivity contribution in [1.82, 2.24) is 4.90 Å². The number of amides is 1. The van der Waals surface area contributed by atoms with Gasteiger partial charge in [-0.1, -0.05) is 19.8 Å². The fourth-order valence-electron chi connectivity index (χ4n) is 1.88. The number of nitrogens with zero attached hydrogens (tertiary/aromatic N) is 1. The lowest BCUT2D eigenvalue weighted by atomic mass is 10.2. The SMILES string of the molecule is CCCCCOCC(=O)N(C)Cc1cc(C(=O)O)c(C)o1. The zero-order chi connectivity index (χ0) is 15.8. The summed E-state index contributed by atoms with van der Waals surface area (Å²) < 4.78 is 10.6. The predicted molar refractivity (Wildman–Crippen MR) is 77.2 cm³/mol. The van der Waals surface area contributed by atoms with Crippen LogP contribution in [-0.4, -0.2) is 42.1 Å². The third kappa shape index (κ3) is 5.59. The molecule has 1 rings (SSSR count). The second kappa shape index (κ2) is 8.46. The first-order valence-electron chi connectivity index (χ1n) is 7.10. The third-order valence-electron chi connectivity index (χ3n) is 3.14. The molecule has 6 heteroatoms. The number of likely N-dealkylation sites (N-methyl/N-ethyl adjacent to an activating group) is 1. The van der Waals surface area contributed by atoms with E-state index >= 15 is 0 Å². The van der Waals surface area contributed by atoms with Crippen LogP contribution in [0.5, 0.6) is 0 Å². The number of ether oxygens (including phenoxy) is 1. The largest absolute Gasteiger partial charge is 0.478 e. The lowest BCUT2D eigenvalue weighted by Crippen LogP contribution is -2.29. The average Bonchev–Trinajstić information content (AvgIpc) is 2.79. The molecule has 0 saturated carbocycles. The Hall–Kier alpha value is -1.82. The van der Waals surface area contributed by atoms with Gasteiger partial charge < -0.3 is 19.2 Å². The Morgan fingerprint density at radius 3 is 2.67 bits per heavy atom. The first-order chi connectivity index (χ1) is 9.95. The minimum Gasteiger partial charge on any atom is -0.478 e. The first-order valence-corrected chi connectivity index (χ1v) is 7.10. The summed E-state index contributed by atoms with van der Waals surface area (Å²) in [5.74, 6) is -0.394. The highest BCUT2D eigenvalue weighted by Crippen LogP contribution is 2.16. The lowest BCUT2D eigenvalue weighted by molar-refractivity contribution is -0.135. The fourth-order valence-corrected chi connectivity index (χ4v) is 1.88. The molecule has 0 aliphatic heterocycles. The smallest absolute Gasteiger partial charge is 0.339 e. The molecule has 0 radical (unpaired) electrons. The highest BCUT2D eigenvalue weighted by Gasteiger charge is 2.16. The van der Waals surface area contributed by atoms with Gasteiger partial charge in [-0.15, -0.1) is 0 Å². The van der Waals surface area contributed by atoms with Gasteiger partial charge in [0.15, 0.2) is 0 Å². The van der Waals surface area contributed by atoms with Crippen LogP contribution in [0.1, 0.15) is 48.1 Å². The van der Waals surface area contributed by atoms with E-state index in [0.717, 1.165) is 19.3 Å². The molecule has 0 atom stereocenters. The molecule has 0 aliphatic carbocycles. The topological polar surface area (TPSA) is 80.0 Å². The second-order valence-electron chi connectivity index (χ2n) is 5.00. The summed E-state index contributed by atoms with van der Waals surface area (Å²) in [6.07, 6.45) is 3.15. The Morgan fingerprint density at radius 1 is 1.38 bits per heavy atom. The maximum Gasteiger partial charge on any atom is 0.339 e. The van der Waals surface area contributed by atoms with Gasteiger partial charge in [-0.05, 0) is 19.4 Å². The minimum absolute atomic E-state index is 0.0334. The summed E-state index contributed by atoms with van der Waals surface area (Å²) in [5, 5.41) is 8.95. The zero-order valence-corrected chi connectivity index (χ0v) is 12.8. The molecule has 1 aromatic rings. The summed E-state index contributed by atoms with van der Waals surface area (Å²) in [4.78, 5) is 24.2. The van der Waals surface area contributed by atoms with Crippen molar-refractivity contribution < 1.29 is 23.8 Å². The Morgan fingerprint density at radius 2 is 2.10 bits per heavy atom. The van der Waals surface area contributed by atoms with Gasteiger partial charge in [-0.3, -0.25) is 4.79 Å². The van der Waals surface area contributed by atoms with Gasteiger partial charge in [-0.25, -0.2) is 4.79 Å². The molecule has 0 aromatic carbocycles. The van der Waals surface area contributed by atoms with Crippen molar-refractivity contribution in [3.63, 3.8) is 0 Å². The molecule has 0 aliphatic rings. The second-order valence-corrected chi connectivity index (χ2v) is 5.00. The van der Waals surface area contributed by atoms with Gasteiger partial charge in [-0.2, -0.15) is 0 Å². The summed E-state index contributed by atoms with van der Waals surface area (Å²) in [5.41, 5.74) is 0.127. The van der Waals surface area contributed by atoms with Crippen molar-refractivity contribution in [3.8, 4) is 0 Å². The predicted octanol–water partition coefficient (Wildman–Crippen LogP) is 2.45. The number of rotatable bonds is 9. The zero-order valence-electron chi connectivity index (χ0n) is 12.8. The number of carbonyl (C=O) groups excluding carboxylic acids is 1. The van der Waals surface area contributed by atoms with E-state index in [0.29, 0.717) is 18.1 Å². The van der Waals surface area contributed by atoms with Gasteiger partial charge in [0.2, 0.25) is 5.91 Å². The Kier molecular flexibility index (Phi) is 6.94. The molecule has 6 nitrogen and oxygen atoms in total. The molecule has 0 saturated heterocycles. The van der Waals surface area contributed by atoms with E-state index in [9.17, 15) is 9.59 Å². The van der Waals surface area contributed by atoms with Crippen LogP contribution in [-0.2, 0) is 16.1 Å². The van der Waals surface area contributed by atoms with Gasteiger partial charge in [0.1, 0.15) is 23.7 Å². The molecule has 0 fully saturated rings. The van der Waals surface area contributed by atoms with Crippen molar-refractivity contribution >= 4 is 11.9 Å². The highest BCUT2D eigenvalue weighted by molar-refractivity contribution is 5.88. The summed E-state index contributed by atoms with van der Waals surface area (Å²) >= 11 is 0. The summed E-state index contributed by atoms with van der Waals surface area (Å²) in [6.45, 7) is 4.54. The maximum absolute atomic E-state index is 11.8. The molecule has 1 heterocycles. The van der Waals surface area contributed by atoms with Crippen molar-refractivity contribution in [2.24, 2.45) is 0 Å². The van der Waals surface area contributed by atoms with Gasteiger partial charge in [0.25, 0.3) is 0 Å². The molecule has 1 N–H and O–H groups in total. The summed E-state index contributed by atoms with van der Waals surface area (Å²) in [7, 11) is 1.63. The molecule has 0 unspecified atom stereocenters. The number of hydrogen-bond acceptors (Lipinski definition) is 4. The van der Waals surface area contributed by atoms with Crippen LogP contribution in [0.4, 0.5) is 0 Å². The molecule has 21 heavy (non-hydrogen) atoms. The van der Waals surface area contributed by atoms with Crippen LogP contribution in [0.25, 0.3) is 0 Å². The molecular formula is C15H23NO5. The number of aryl methyl sites for hydroxylation is 1. The van der Waals surface area contributed by atoms with E-state index in [1.54, 1.807) is 14.0 Å². The Bertz CT molecular complexity index is 480. The molecule has 118 valence electrons. The third-order valence-corrected chi connectivity index (χ3v) is 3.14. The van der Waals surface area contributed by atoms with E-state index < -0.39 is 5.97 Å². The number of unbranched alkanes of at least 4 members (excludes halogenated alkanes) is 2. The number of carboxylic acid groups (broad SMARTS) is 1. The number of hydrogen-bond donors (Lipinski definition) is 1. The van der Waals surface area contributed by atoms with E-state index in [1.807, 2.05) is 0 Å². The normalized spacial score (nSPS) is 10.6. The first kappa shape index (κ1) is 17.2. The van der Waals surface area contributed by atoms with E-state index in [4.69, 9.17) is 14.3 Å². The molecule has 1 aromatic heterocycles. The number of carboxylic acids is 1.